The first-order chi connectivity index (χ1) is 7.02. The van der Waals surface area contributed by atoms with Crippen molar-refractivity contribution in [1.29, 1.82) is 0 Å². The Morgan fingerprint density at radius 3 is 2.53 bits per heavy atom. The molecule has 0 saturated carbocycles. The second-order valence-electron chi connectivity index (χ2n) is 2.99. The van der Waals surface area contributed by atoms with E-state index in [2.05, 4.69) is 20.7 Å². The Labute approximate surface area is 96.5 Å². The standard InChI is InChI=1S/C10H12BrNO3/c1-5-4-6(14-2)9(12)7(8(5)11)10(13)15-3/h4H,12H2,1-3H3. The molecule has 0 aliphatic heterocycles. The van der Waals surface area contributed by atoms with Gasteiger partial charge in [-0.25, -0.2) is 4.79 Å². The van der Waals surface area contributed by atoms with Gasteiger partial charge in [0, 0.05) is 4.47 Å². The van der Waals surface area contributed by atoms with E-state index in [1.54, 1.807) is 6.07 Å². The summed E-state index contributed by atoms with van der Waals surface area (Å²) in [5.41, 5.74) is 7.23. The average Bonchev–Trinajstić information content (AvgIpc) is 2.23. The number of carbonyl (C=O) groups is 1. The minimum absolute atomic E-state index is 0.279. The number of aryl methyl sites for hydroxylation is 1. The summed E-state index contributed by atoms with van der Waals surface area (Å²) in [5, 5.41) is 0. The van der Waals surface area contributed by atoms with Crippen molar-refractivity contribution in [2.24, 2.45) is 0 Å². The average molecular weight is 274 g/mol. The smallest absolute Gasteiger partial charge is 0.341 e. The molecule has 1 rings (SSSR count). The van der Waals surface area contributed by atoms with Gasteiger partial charge in [-0.05, 0) is 34.5 Å². The Morgan fingerprint density at radius 1 is 1.47 bits per heavy atom. The highest BCUT2D eigenvalue weighted by Gasteiger charge is 2.19. The van der Waals surface area contributed by atoms with E-state index >= 15 is 0 Å². The van der Waals surface area contributed by atoms with Crippen LogP contribution in [0.25, 0.3) is 0 Å². The Kier molecular flexibility index (Phi) is 3.57. The molecule has 0 heterocycles. The molecule has 0 fully saturated rings. The van der Waals surface area contributed by atoms with E-state index < -0.39 is 5.97 Å². The van der Waals surface area contributed by atoms with Gasteiger partial charge in [0.25, 0.3) is 0 Å². The van der Waals surface area contributed by atoms with Crippen molar-refractivity contribution >= 4 is 27.6 Å². The summed E-state index contributed by atoms with van der Waals surface area (Å²) in [6.45, 7) is 1.85. The van der Waals surface area contributed by atoms with Gasteiger partial charge >= 0.3 is 5.97 Å². The van der Waals surface area contributed by atoms with Crippen LogP contribution in [0.2, 0.25) is 0 Å². The van der Waals surface area contributed by atoms with Gasteiger partial charge in [-0.15, -0.1) is 0 Å². The van der Waals surface area contributed by atoms with Crippen molar-refractivity contribution in [3.05, 3.63) is 21.7 Å². The van der Waals surface area contributed by atoms with Crippen LogP contribution < -0.4 is 10.5 Å². The number of ether oxygens (including phenoxy) is 2. The van der Waals surface area contributed by atoms with Crippen LogP contribution in [0.4, 0.5) is 5.69 Å². The van der Waals surface area contributed by atoms with Gasteiger partial charge in [-0.1, -0.05) is 0 Å². The SMILES string of the molecule is COC(=O)c1c(N)c(OC)cc(C)c1Br. The van der Waals surface area contributed by atoms with Crippen molar-refractivity contribution in [3.63, 3.8) is 0 Å². The summed E-state index contributed by atoms with van der Waals surface area (Å²) in [5.74, 6) is -0.0162. The topological polar surface area (TPSA) is 61.5 Å². The zero-order chi connectivity index (χ0) is 11.6. The van der Waals surface area contributed by atoms with Crippen LogP contribution in [0.5, 0.6) is 5.75 Å². The Bertz CT molecular complexity index is 404. The maximum Gasteiger partial charge on any atom is 0.341 e. The van der Waals surface area contributed by atoms with Crippen LogP contribution in [0.1, 0.15) is 15.9 Å². The highest BCUT2D eigenvalue weighted by Crippen LogP contribution is 2.34. The fourth-order valence-electron chi connectivity index (χ4n) is 1.25. The lowest BCUT2D eigenvalue weighted by Crippen LogP contribution is -2.09. The van der Waals surface area contributed by atoms with Crippen molar-refractivity contribution in [2.45, 2.75) is 6.92 Å². The predicted octanol–water partition coefficient (Wildman–Crippen LogP) is 2.13. The molecule has 0 aromatic heterocycles. The van der Waals surface area contributed by atoms with Crippen LogP contribution >= 0.6 is 15.9 Å². The first kappa shape index (κ1) is 11.8. The van der Waals surface area contributed by atoms with E-state index in [1.165, 1.54) is 14.2 Å². The summed E-state index contributed by atoms with van der Waals surface area (Å²) in [4.78, 5) is 11.5. The van der Waals surface area contributed by atoms with Gasteiger partial charge in [0.05, 0.1) is 19.9 Å². The molecule has 0 amide bonds. The number of rotatable bonds is 2. The largest absolute Gasteiger partial charge is 0.495 e. The second-order valence-corrected chi connectivity index (χ2v) is 3.78. The molecule has 0 unspecified atom stereocenters. The number of esters is 1. The van der Waals surface area contributed by atoms with Crippen LogP contribution in [0, 0.1) is 6.92 Å². The molecule has 0 aliphatic rings. The number of halogens is 1. The monoisotopic (exact) mass is 273 g/mol. The van der Waals surface area contributed by atoms with Gasteiger partial charge in [0.1, 0.15) is 11.3 Å². The highest BCUT2D eigenvalue weighted by molar-refractivity contribution is 9.10. The summed E-state index contributed by atoms with van der Waals surface area (Å²) >= 11 is 3.30. The summed E-state index contributed by atoms with van der Waals surface area (Å²) in [6, 6.07) is 1.76. The molecule has 0 spiro atoms. The predicted molar refractivity (Wildman–Crippen MR) is 61.2 cm³/mol. The minimum Gasteiger partial charge on any atom is -0.495 e. The molecule has 0 radical (unpaired) electrons. The normalized spacial score (nSPS) is 9.87. The maximum atomic E-state index is 11.5. The lowest BCUT2D eigenvalue weighted by atomic mass is 10.1. The molecule has 4 nitrogen and oxygen atoms in total. The lowest BCUT2D eigenvalue weighted by Gasteiger charge is -2.12. The van der Waals surface area contributed by atoms with Gasteiger partial charge in [-0.3, -0.25) is 0 Å². The molecule has 15 heavy (non-hydrogen) atoms. The second kappa shape index (κ2) is 4.53. The van der Waals surface area contributed by atoms with E-state index in [-0.39, 0.29) is 5.69 Å². The number of hydrogen-bond acceptors (Lipinski definition) is 4. The Hall–Kier alpha value is -1.23. The fraction of sp³-hybridized carbons (Fsp3) is 0.300. The van der Waals surface area contributed by atoms with Crippen molar-refractivity contribution in [1.82, 2.24) is 0 Å². The van der Waals surface area contributed by atoms with E-state index in [4.69, 9.17) is 10.5 Å². The molecule has 2 N–H and O–H groups in total. The molecule has 5 heteroatoms. The Morgan fingerprint density at radius 2 is 2.07 bits per heavy atom. The van der Waals surface area contributed by atoms with E-state index in [0.29, 0.717) is 15.8 Å². The number of nitrogen functional groups attached to an aromatic ring is 1. The van der Waals surface area contributed by atoms with Crippen molar-refractivity contribution in [3.8, 4) is 5.75 Å². The quantitative estimate of drug-likeness (QED) is 0.663. The minimum atomic E-state index is -0.485. The van der Waals surface area contributed by atoms with Gasteiger partial charge in [-0.2, -0.15) is 0 Å². The van der Waals surface area contributed by atoms with Gasteiger partial charge in [0.15, 0.2) is 0 Å². The summed E-state index contributed by atoms with van der Waals surface area (Å²) in [7, 11) is 2.81. The number of benzene rings is 1. The molecule has 1 aromatic rings. The van der Waals surface area contributed by atoms with Crippen LogP contribution in [0.3, 0.4) is 0 Å². The molecule has 0 aliphatic carbocycles. The zero-order valence-corrected chi connectivity index (χ0v) is 10.3. The third-order valence-electron chi connectivity index (χ3n) is 2.06. The lowest BCUT2D eigenvalue weighted by molar-refractivity contribution is 0.0600. The summed E-state index contributed by atoms with van der Waals surface area (Å²) < 4.78 is 10.3. The fourth-order valence-corrected chi connectivity index (χ4v) is 1.74. The molecule has 82 valence electrons. The van der Waals surface area contributed by atoms with Crippen molar-refractivity contribution in [2.75, 3.05) is 20.0 Å². The first-order valence-electron chi connectivity index (χ1n) is 4.23. The highest BCUT2D eigenvalue weighted by atomic mass is 79.9. The van der Waals surface area contributed by atoms with E-state index in [1.807, 2.05) is 6.92 Å². The Balaban J connectivity index is 3.47. The third kappa shape index (κ3) is 2.07. The zero-order valence-electron chi connectivity index (χ0n) is 8.76. The van der Waals surface area contributed by atoms with E-state index in [0.717, 1.165) is 5.56 Å². The molecule has 0 saturated heterocycles. The van der Waals surface area contributed by atoms with Gasteiger partial charge in [0.2, 0.25) is 0 Å². The van der Waals surface area contributed by atoms with Crippen LogP contribution in [-0.2, 0) is 4.74 Å². The number of carbonyl (C=O) groups excluding carboxylic acids is 1. The van der Waals surface area contributed by atoms with Crippen LogP contribution in [-0.4, -0.2) is 20.2 Å². The maximum absolute atomic E-state index is 11.5. The van der Waals surface area contributed by atoms with Gasteiger partial charge < -0.3 is 15.2 Å². The van der Waals surface area contributed by atoms with Crippen molar-refractivity contribution < 1.29 is 14.3 Å². The molecular formula is C10H12BrNO3. The number of hydrogen-bond donors (Lipinski definition) is 1. The molecule has 0 bridgehead atoms. The van der Waals surface area contributed by atoms with E-state index in [9.17, 15) is 4.79 Å². The number of anilines is 1. The first-order valence-corrected chi connectivity index (χ1v) is 5.03. The number of methoxy groups -OCH3 is 2. The molecule has 1 aromatic carbocycles. The number of nitrogens with two attached hydrogens (primary N) is 1. The van der Waals surface area contributed by atoms with Crippen LogP contribution in [0.15, 0.2) is 10.5 Å². The third-order valence-corrected chi connectivity index (χ3v) is 3.08. The summed E-state index contributed by atoms with van der Waals surface area (Å²) in [6.07, 6.45) is 0. The molecule has 0 atom stereocenters. The molecular weight excluding hydrogens is 262 g/mol.